The zero-order valence-corrected chi connectivity index (χ0v) is 13.2. The van der Waals surface area contributed by atoms with Crippen molar-refractivity contribution in [2.45, 2.75) is 13.5 Å². The first-order chi connectivity index (χ1) is 10.1. The molecule has 1 aromatic heterocycles. The van der Waals surface area contributed by atoms with Gasteiger partial charge in [0.2, 0.25) is 0 Å². The number of pyridine rings is 1. The third-order valence-corrected chi connectivity index (χ3v) is 3.46. The summed E-state index contributed by atoms with van der Waals surface area (Å²) in [5, 5.41) is 2.77. The molecule has 2 rings (SSSR count). The van der Waals surface area contributed by atoms with Crippen LogP contribution in [0, 0.1) is 6.92 Å². The van der Waals surface area contributed by atoms with Crippen LogP contribution in [0.2, 0.25) is 0 Å². The van der Waals surface area contributed by atoms with Crippen LogP contribution in [0.1, 0.15) is 11.4 Å². The Morgan fingerprint density at radius 2 is 2.10 bits per heavy atom. The predicted octanol–water partition coefficient (Wildman–Crippen LogP) is 2.63. The largest absolute Gasteiger partial charge is 0.482 e. The average molecular weight is 350 g/mol. The molecule has 0 saturated heterocycles. The molecule has 0 bridgehead atoms. The van der Waals surface area contributed by atoms with E-state index in [0.717, 1.165) is 10.2 Å². The van der Waals surface area contributed by atoms with Gasteiger partial charge in [-0.15, -0.1) is 0 Å². The van der Waals surface area contributed by atoms with Crippen molar-refractivity contribution in [3.05, 3.63) is 52.3 Å². The number of hydrogen-bond donors (Lipinski definition) is 2. The van der Waals surface area contributed by atoms with Crippen LogP contribution < -0.4 is 15.8 Å². The second-order valence-electron chi connectivity index (χ2n) is 4.42. The summed E-state index contributed by atoms with van der Waals surface area (Å²) in [4.78, 5) is 16.2. The first kappa shape index (κ1) is 15.5. The van der Waals surface area contributed by atoms with E-state index in [9.17, 15) is 4.79 Å². The molecule has 3 N–H and O–H groups in total. The van der Waals surface area contributed by atoms with E-state index in [1.807, 2.05) is 31.2 Å². The molecule has 1 amide bonds. The second-order valence-corrected chi connectivity index (χ2v) is 5.27. The lowest BCUT2D eigenvalue weighted by Gasteiger charge is -2.11. The van der Waals surface area contributed by atoms with E-state index >= 15 is 0 Å². The van der Waals surface area contributed by atoms with Gasteiger partial charge in [0.15, 0.2) is 6.61 Å². The molecule has 0 aliphatic heterocycles. The van der Waals surface area contributed by atoms with E-state index < -0.39 is 0 Å². The Kier molecular flexibility index (Phi) is 5.30. The molecule has 1 heterocycles. The first-order valence-corrected chi connectivity index (χ1v) is 7.23. The number of rotatable bonds is 5. The fraction of sp³-hybridized carbons (Fsp3) is 0.200. The molecule has 21 heavy (non-hydrogen) atoms. The minimum Gasteiger partial charge on any atom is -0.482 e. The first-order valence-electron chi connectivity index (χ1n) is 6.44. The van der Waals surface area contributed by atoms with Crippen molar-refractivity contribution in [3.8, 4) is 5.75 Å². The van der Waals surface area contributed by atoms with Gasteiger partial charge in [0.25, 0.3) is 5.91 Å². The summed E-state index contributed by atoms with van der Waals surface area (Å²) < 4.78 is 6.30. The van der Waals surface area contributed by atoms with Crippen LogP contribution in [0.5, 0.6) is 5.75 Å². The molecular weight excluding hydrogens is 334 g/mol. The number of carbonyl (C=O) groups excluding carboxylic acids is 1. The summed E-state index contributed by atoms with van der Waals surface area (Å²) in [6, 6.07) is 11.0. The molecule has 0 aliphatic rings. The van der Waals surface area contributed by atoms with Crippen LogP contribution in [0.25, 0.3) is 0 Å². The number of para-hydroxylation sites is 1. The number of ether oxygens (including phenoxy) is 1. The van der Waals surface area contributed by atoms with E-state index in [1.165, 1.54) is 0 Å². The van der Waals surface area contributed by atoms with Crippen LogP contribution in [-0.4, -0.2) is 17.5 Å². The highest BCUT2D eigenvalue weighted by Crippen LogP contribution is 2.21. The summed E-state index contributed by atoms with van der Waals surface area (Å²) in [5.41, 5.74) is 7.83. The Morgan fingerprint density at radius 3 is 2.81 bits per heavy atom. The molecule has 2 aromatic rings. The molecule has 0 aliphatic carbocycles. The van der Waals surface area contributed by atoms with Gasteiger partial charge in [0.05, 0.1) is 11.4 Å². The Labute approximate surface area is 131 Å². The average Bonchev–Trinajstić information content (AvgIpc) is 2.48. The van der Waals surface area contributed by atoms with Gasteiger partial charge in [-0.1, -0.05) is 12.1 Å². The van der Waals surface area contributed by atoms with Crippen LogP contribution in [0.15, 0.2) is 40.9 Å². The minimum atomic E-state index is -0.245. The molecular formula is C15H16BrN3O2. The standard InChI is InChI=1S/C15H16BrN3O2/c1-10-6-7-14(13(8-17)18-10)21-9-15(20)19-12-5-3-2-4-11(12)16/h2-7H,8-9,17H2,1H3,(H,19,20). The summed E-state index contributed by atoms with van der Waals surface area (Å²) >= 11 is 3.37. The van der Waals surface area contributed by atoms with Crippen LogP contribution >= 0.6 is 15.9 Å². The number of nitrogens with zero attached hydrogens (tertiary/aromatic N) is 1. The highest BCUT2D eigenvalue weighted by Gasteiger charge is 2.09. The maximum Gasteiger partial charge on any atom is 0.262 e. The van der Waals surface area contributed by atoms with Gasteiger partial charge < -0.3 is 15.8 Å². The van der Waals surface area contributed by atoms with Gasteiger partial charge in [-0.25, -0.2) is 0 Å². The highest BCUT2D eigenvalue weighted by molar-refractivity contribution is 9.10. The molecule has 0 radical (unpaired) electrons. The lowest BCUT2D eigenvalue weighted by atomic mass is 10.3. The van der Waals surface area contributed by atoms with E-state index in [4.69, 9.17) is 10.5 Å². The number of hydrogen-bond acceptors (Lipinski definition) is 4. The molecule has 1 aromatic carbocycles. The molecule has 6 heteroatoms. The zero-order valence-electron chi connectivity index (χ0n) is 11.6. The fourth-order valence-corrected chi connectivity index (χ4v) is 2.15. The van der Waals surface area contributed by atoms with Crippen LogP contribution in [0.4, 0.5) is 5.69 Å². The quantitative estimate of drug-likeness (QED) is 0.869. The summed E-state index contributed by atoms with van der Waals surface area (Å²) in [6.45, 7) is 2.05. The van der Waals surface area contributed by atoms with Gasteiger partial charge in [0.1, 0.15) is 5.75 Å². The van der Waals surface area contributed by atoms with Crippen LogP contribution in [-0.2, 0) is 11.3 Å². The van der Waals surface area contributed by atoms with Crippen molar-refractivity contribution in [1.82, 2.24) is 4.98 Å². The number of carbonyl (C=O) groups is 1. The third-order valence-electron chi connectivity index (χ3n) is 2.77. The van der Waals surface area contributed by atoms with Crippen molar-refractivity contribution < 1.29 is 9.53 Å². The number of benzene rings is 1. The van der Waals surface area contributed by atoms with Crippen LogP contribution in [0.3, 0.4) is 0 Å². The van der Waals surface area contributed by atoms with Crippen molar-refractivity contribution >= 4 is 27.5 Å². The normalized spacial score (nSPS) is 10.2. The van der Waals surface area contributed by atoms with E-state index in [-0.39, 0.29) is 19.1 Å². The van der Waals surface area contributed by atoms with Crippen molar-refractivity contribution in [2.24, 2.45) is 5.73 Å². The van der Waals surface area contributed by atoms with Gasteiger partial charge in [0, 0.05) is 16.7 Å². The number of nitrogens with one attached hydrogen (secondary N) is 1. The summed E-state index contributed by atoms with van der Waals surface area (Å²) in [6.07, 6.45) is 0. The Bertz CT molecular complexity index is 647. The third kappa shape index (κ3) is 4.27. The van der Waals surface area contributed by atoms with E-state index in [1.54, 1.807) is 12.1 Å². The topological polar surface area (TPSA) is 77.2 Å². The molecule has 0 unspecified atom stereocenters. The van der Waals surface area contributed by atoms with Crippen molar-refractivity contribution in [2.75, 3.05) is 11.9 Å². The zero-order chi connectivity index (χ0) is 15.2. The number of amides is 1. The Morgan fingerprint density at radius 1 is 1.33 bits per heavy atom. The maximum atomic E-state index is 11.9. The lowest BCUT2D eigenvalue weighted by molar-refractivity contribution is -0.118. The van der Waals surface area contributed by atoms with Gasteiger partial charge in [-0.2, -0.15) is 0 Å². The fourth-order valence-electron chi connectivity index (χ4n) is 1.77. The highest BCUT2D eigenvalue weighted by atomic mass is 79.9. The summed E-state index contributed by atoms with van der Waals surface area (Å²) in [5.74, 6) is 0.288. The number of anilines is 1. The number of aryl methyl sites for hydroxylation is 1. The Balaban J connectivity index is 1.97. The molecule has 0 saturated carbocycles. The van der Waals surface area contributed by atoms with E-state index in [0.29, 0.717) is 17.1 Å². The molecule has 0 spiro atoms. The minimum absolute atomic E-state index is 0.0981. The number of nitrogens with two attached hydrogens (primary N) is 1. The summed E-state index contributed by atoms with van der Waals surface area (Å²) in [7, 11) is 0. The predicted molar refractivity (Wildman–Crippen MR) is 85.1 cm³/mol. The number of halogens is 1. The van der Waals surface area contributed by atoms with Gasteiger partial charge >= 0.3 is 0 Å². The molecule has 0 atom stereocenters. The SMILES string of the molecule is Cc1ccc(OCC(=O)Nc2ccccc2Br)c(CN)n1. The smallest absolute Gasteiger partial charge is 0.262 e. The van der Waals surface area contributed by atoms with Gasteiger partial charge in [-0.05, 0) is 47.1 Å². The maximum absolute atomic E-state index is 11.9. The second kappa shape index (κ2) is 7.19. The molecule has 110 valence electrons. The number of aromatic nitrogens is 1. The molecule has 5 nitrogen and oxygen atoms in total. The van der Waals surface area contributed by atoms with Crippen molar-refractivity contribution in [1.29, 1.82) is 0 Å². The lowest BCUT2D eigenvalue weighted by Crippen LogP contribution is -2.21. The molecule has 0 fully saturated rings. The van der Waals surface area contributed by atoms with Gasteiger partial charge in [-0.3, -0.25) is 9.78 Å². The monoisotopic (exact) mass is 349 g/mol. The van der Waals surface area contributed by atoms with E-state index in [2.05, 4.69) is 26.2 Å². The Hall–Kier alpha value is -1.92. The van der Waals surface area contributed by atoms with Crippen molar-refractivity contribution in [3.63, 3.8) is 0 Å².